The molecule has 0 amide bonds. The van der Waals surface area contributed by atoms with Crippen LogP contribution in [0.1, 0.15) is 95.9 Å². The minimum atomic E-state index is -2.46. The molecule has 2 N–H and O–H groups in total. The van der Waals surface area contributed by atoms with Gasteiger partial charge in [0.2, 0.25) is 11.8 Å². The fraction of sp³-hybridized carbons (Fsp3) is 0.889. The molecule has 0 aromatic rings. The Labute approximate surface area is 148 Å². The number of halogens is 4. The molecular formula is C18H42F4N2. The maximum Gasteiger partial charge on any atom is 0.245 e. The van der Waals surface area contributed by atoms with Crippen molar-refractivity contribution in [1.82, 2.24) is 0 Å². The van der Waals surface area contributed by atoms with Gasteiger partial charge < -0.3 is 10.8 Å². The van der Waals surface area contributed by atoms with Crippen LogP contribution < -0.4 is 0 Å². The summed E-state index contributed by atoms with van der Waals surface area (Å²) >= 11 is 0. The topological polar surface area (TPSA) is 47.7 Å². The van der Waals surface area contributed by atoms with Crippen LogP contribution in [0.2, 0.25) is 0 Å². The fourth-order valence-corrected chi connectivity index (χ4v) is 0. The highest BCUT2D eigenvalue weighted by atomic mass is 19.3. The molecule has 0 aliphatic rings. The van der Waals surface area contributed by atoms with Crippen LogP contribution in [0.15, 0.2) is 0 Å². The maximum atomic E-state index is 11.5. The Bertz CT molecular complexity index is 239. The number of hydrogen-bond donors (Lipinski definition) is 2. The van der Waals surface area contributed by atoms with Gasteiger partial charge in [0.25, 0.3) is 0 Å². The molecule has 24 heavy (non-hydrogen) atoms. The summed E-state index contributed by atoms with van der Waals surface area (Å²) in [6, 6.07) is 0. The zero-order chi connectivity index (χ0) is 19.0. The highest BCUT2D eigenvalue weighted by molar-refractivity contribution is 5.78. The van der Waals surface area contributed by atoms with Crippen molar-refractivity contribution in [2.45, 2.75) is 108 Å². The second-order valence-electron chi connectivity index (χ2n) is 5.12. The largest absolute Gasteiger partial charge is 0.310 e. The molecule has 0 fully saturated rings. The van der Waals surface area contributed by atoms with E-state index in [1.54, 1.807) is 13.8 Å². The van der Waals surface area contributed by atoms with Crippen molar-refractivity contribution in [2.75, 3.05) is 0 Å². The van der Waals surface area contributed by atoms with Gasteiger partial charge in [-0.2, -0.15) is 0 Å². The zero-order valence-corrected chi connectivity index (χ0v) is 15.3. The first-order valence-electron chi connectivity index (χ1n) is 7.50. The van der Waals surface area contributed by atoms with Gasteiger partial charge in [-0.15, -0.1) is 0 Å². The highest BCUT2D eigenvalue weighted by Gasteiger charge is 2.16. The van der Waals surface area contributed by atoms with Crippen LogP contribution in [0.25, 0.3) is 0 Å². The van der Waals surface area contributed by atoms with Crippen LogP contribution in [0.4, 0.5) is 17.6 Å². The van der Waals surface area contributed by atoms with E-state index in [2.05, 4.69) is 0 Å². The number of rotatable bonds is 4. The average molecular weight is 363 g/mol. The molecule has 0 atom stereocenters. The normalized spacial score (nSPS) is 9.17. The summed E-state index contributed by atoms with van der Waals surface area (Å²) in [5.41, 5.74) is 1.51. The lowest BCUT2D eigenvalue weighted by molar-refractivity contribution is 0.0174. The molecule has 0 radical (unpaired) electrons. The molecule has 0 aliphatic carbocycles. The lowest BCUT2D eigenvalue weighted by atomic mass is 10.3. The van der Waals surface area contributed by atoms with Gasteiger partial charge in [0.15, 0.2) is 0 Å². The molecule has 2 nitrogen and oxygen atoms in total. The average Bonchev–Trinajstić information content (AvgIpc) is 2.39. The first-order valence-corrected chi connectivity index (χ1v) is 7.50. The number of alkyl halides is 4. The van der Waals surface area contributed by atoms with Gasteiger partial charge in [-0.3, -0.25) is 0 Å². The van der Waals surface area contributed by atoms with Gasteiger partial charge in [0.05, 0.1) is 0 Å². The Morgan fingerprint density at radius 3 is 0.750 bits per heavy atom. The number of hydrogen-bond acceptors (Lipinski definition) is 2. The van der Waals surface area contributed by atoms with E-state index in [4.69, 9.17) is 10.8 Å². The molecule has 0 heterocycles. The van der Waals surface area contributed by atoms with Gasteiger partial charge >= 0.3 is 0 Å². The van der Waals surface area contributed by atoms with Gasteiger partial charge in [0, 0.05) is 24.3 Å². The zero-order valence-electron chi connectivity index (χ0n) is 15.3. The molecule has 0 rings (SSSR count). The summed E-state index contributed by atoms with van der Waals surface area (Å²) in [6.07, 6.45) is 1.65. The summed E-state index contributed by atoms with van der Waals surface area (Å²) < 4.78 is 45.8. The second kappa shape index (κ2) is 22.1. The molecule has 6 heteroatoms. The third kappa shape index (κ3) is 103. The van der Waals surface area contributed by atoms with E-state index in [1.165, 1.54) is 13.8 Å². The third-order valence-corrected chi connectivity index (χ3v) is 2.30. The lowest BCUT2D eigenvalue weighted by Crippen LogP contribution is -2.05. The van der Waals surface area contributed by atoms with Crippen LogP contribution in [-0.2, 0) is 0 Å². The maximum absolute atomic E-state index is 11.5. The Balaban J connectivity index is -0.0000000439. The third-order valence-electron chi connectivity index (χ3n) is 2.30. The van der Waals surface area contributed by atoms with Gasteiger partial charge in [-0.1, -0.05) is 42.5 Å². The van der Waals surface area contributed by atoms with Crippen LogP contribution in [-0.4, -0.2) is 23.3 Å². The molecule has 0 spiro atoms. The number of nitrogens with one attached hydrogen (secondary N) is 2. The van der Waals surface area contributed by atoms with Crippen LogP contribution in [0, 0.1) is 10.8 Å². The second-order valence-corrected chi connectivity index (χ2v) is 5.12. The Hall–Kier alpha value is -0.940. The van der Waals surface area contributed by atoms with Gasteiger partial charge in [-0.25, -0.2) is 17.6 Å². The molecule has 0 saturated carbocycles. The standard InChI is InChI=1S/2C4H8F2.2C4H9N.2CH4/c2*1-3-4(2,5)6;2*1-3-4(2)5;;/h2*3H2,1-2H3;2*5H,3H2,1-2H3;2*1H4. The molecule has 0 saturated heterocycles. The van der Waals surface area contributed by atoms with Gasteiger partial charge in [-0.05, 0) is 40.5 Å². The van der Waals surface area contributed by atoms with E-state index >= 15 is 0 Å². The smallest absolute Gasteiger partial charge is 0.245 e. The Morgan fingerprint density at radius 1 is 0.667 bits per heavy atom. The van der Waals surface area contributed by atoms with Crippen molar-refractivity contribution in [3.63, 3.8) is 0 Å². The molecule has 152 valence electrons. The van der Waals surface area contributed by atoms with E-state index in [9.17, 15) is 17.6 Å². The Morgan fingerprint density at radius 2 is 0.750 bits per heavy atom. The minimum absolute atomic E-state index is 0. The summed E-state index contributed by atoms with van der Waals surface area (Å²) in [5, 5.41) is 13.5. The quantitative estimate of drug-likeness (QED) is 0.373. The van der Waals surface area contributed by atoms with Crippen molar-refractivity contribution in [1.29, 1.82) is 10.8 Å². The van der Waals surface area contributed by atoms with Crippen LogP contribution in [0.5, 0.6) is 0 Å². The van der Waals surface area contributed by atoms with Crippen molar-refractivity contribution in [3.05, 3.63) is 0 Å². The first kappa shape index (κ1) is 38.6. The Kier molecular flexibility index (Phi) is 35.4. The van der Waals surface area contributed by atoms with Crippen molar-refractivity contribution >= 4 is 11.4 Å². The molecule has 0 aliphatic heterocycles. The van der Waals surface area contributed by atoms with Crippen LogP contribution >= 0.6 is 0 Å². The predicted molar refractivity (Wildman–Crippen MR) is 103 cm³/mol. The minimum Gasteiger partial charge on any atom is -0.310 e. The summed E-state index contributed by atoms with van der Waals surface area (Å²) in [5.74, 6) is -4.92. The van der Waals surface area contributed by atoms with Crippen molar-refractivity contribution in [2.24, 2.45) is 0 Å². The van der Waals surface area contributed by atoms with E-state index in [0.29, 0.717) is 0 Å². The van der Waals surface area contributed by atoms with E-state index in [-0.39, 0.29) is 27.7 Å². The summed E-state index contributed by atoms with van der Waals surface area (Å²) in [4.78, 5) is 0. The summed E-state index contributed by atoms with van der Waals surface area (Å²) in [6.45, 7) is 12.3. The predicted octanol–water partition coefficient (Wildman–Crippen LogP) is 8.25. The molecular weight excluding hydrogens is 320 g/mol. The molecule has 0 bridgehead atoms. The molecule has 0 aromatic heterocycles. The fourth-order valence-electron chi connectivity index (χ4n) is 0. The van der Waals surface area contributed by atoms with Crippen molar-refractivity contribution in [3.8, 4) is 0 Å². The van der Waals surface area contributed by atoms with Gasteiger partial charge in [0.1, 0.15) is 0 Å². The van der Waals surface area contributed by atoms with E-state index in [1.807, 2.05) is 13.8 Å². The summed E-state index contributed by atoms with van der Waals surface area (Å²) in [7, 11) is 0. The van der Waals surface area contributed by atoms with E-state index < -0.39 is 11.8 Å². The first-order chi connectivity index (χ1) is 9.66. The molecule has 0 aromatic carbocycles. The SMILES string of the molecule is C.C.CCC(C)(F)F.CCC(C)(F)F.CCC(C)=N.CCC(C)=N. The molecule has 0 unspecified atom stereocenters. The lowest BCUT2D eigenvalue weighted by Gasteiger charge is -2.02. The monoisotopic (exact) mass is 362 g/mol. The van der Waals surface area contributed by atoms with E-state index in [0.717, 1.165) is 38.1 Å². The van der Waals surface area contributed by atoms with Crippen molar-refractivity contribution < 1.29 is 17.6 Å². The highest BCUT2D eigenvalue weighted by Crippen LogP contribution is 2.14. The van der Waals surface area contributed by atoms with Crippen LogP contribution in [0.3, 0.4) is 0 Å².